The number of nitrogens with zero attached hydrogens (tertiary/aromatic N) is 2. The number of hydrogen-bond acceptors (Lipinski definition) is 4. The highest BCUT2D eigenvalue weighted by Gasteiger charge is 2.17. The predicted octanol–water partition coefficient (Wildman–Crippen LogP) is 4.09. The van der Waals surface area contributed by atoms with Gasteiger partial charge in [0.25, 0.3) is 5.91 Å². The molecule has 1 amide bonds. The second-order valence-electron chi connectivity index (χ2n) is 5.38. The topological polar surface area (TPSA) is 43.6 Å². The van der Waals surface area contributed by atoms with Crippen LogP contribution in [0.4, 0.5) is 8.78 Å². The first kappa shape index (κ1) is 18.6. The monoisotopic (exact) mass is 394 g/mol. The molecule has 1 heterocycles. The van der Waals surface area contributed by atoms with Crippen molar-refractivity contribution in [2.45, 2.75) is 6.54 Å². The molecule has 1 aromatic heterocycles. The third-order valence-electron chi connectivity index (χ3n) is 3.78. The summed E-state index contributed by atoms with van der Waals surface area (Å²) in [6, 6.07) is 8.86. The Labute approximate surface area is 157 Å². The first-order chi connectivity index (χ1) is 12.5. The summed E-state index contributed by atoms with van der Waals surface area (Å²) in [5, 5.41) is 0. The fraction of sp³-hybridized carbons (Fsp3) is 0.222. The number of rotatable bonds is 5. The van der Waals surface area contributed by atoms with E-state index < -0.39 is 23.1 Å². The molecular weight excluding hydrogens is 378 g/mol. The number of ether oxygens (including phenoxy) is 1. The number of aromatic nitrogens is 1. The number of carbonyl (C=O) groups excluding carboxylic acids is 1. The van der Waals surface area contributed by atoms with Crippen molar-refractivity contribution in [3.05, 3.63) is 58.4 Å². The van der Waals surface area contributed by atoms with E-state index in [-0.39, 0.29) is 0 Å². The highest BCUT2D eigenvalue weighted by Crippen LogP contribution is 2.23. The molecule has 0 atom stereocenters. The van der Waals surface area contributed by atoms with Gasteiger partial charge in [0, 0.05) is 18.4 Å². The third kappa shape index (κ3) is 3.66. The van der Waals surface area contributed by atoms with E-state index in [0.29, 0.717) is 17.1 Å². The highest BCUT2D eigenvalue weighted by molar-refractivity contribution is 7.98. The molecule has 2 aromatic carbocycles. The number of aryl methyl sites for hydroxylation is 1. The molecule has 0 N–H and O–H groups in total. The molecule has 26 heavy (non-hydrogen) atoms. The molecule has 0 saturated heterocycles. The van der Waals surface area contributed by atoms with E-state index >= 15 is 0 Å². The van der Waals surface area contributed by atoms with Crippen molar-refractivity contribution < 1.29 is 18.3 Å². The van der Waals surface area contributed by atoms with Crippen molar-refractivity contribution in [3.63, 3.8) is 0 Å². The van der Waals surface area contributed by atoms with Crippen LogP contribution in [0.1, 0.15) is 10.4 Å². The van der Waals surface area contributed by atoms with Crippen molar-refractivity contribution in [1.29, 1.82) is 0 Å². The number of benzene rings is 2. The van der Waals surface area contributed by atoms with Crippen LogP contribution >= 0.6 is 23.1 Å². The summed E-state index contributed by atoms with van der Waals surface area (Å²) in [7, 11) is 1.58. The zero-order valence-corrected chi connectivity index (χ0v) is 15.8. The van der Waals surface area contributed by atoms with Crippen LogP contribution < -0.4 is 9.54 Å². The van der Waals surface area contributed by atoms with Gasteiger partial charge in [-0.05, 0) is 30.5 Å². The summed E-state index contributed by atoms with van der Waals surface area (Å²) < 4.78 is 35.8. The maximum absolute atomic E-state index is 13.9. The normalized spacial score (nSPS) is 11.9. The Morgan fingerprint density at radius 1 is 1.27 bits per heavy atom. The number of carbonyl (C=O) groups is 1. The predicted molar refractivity (Wildman–Crippen MR) is 101 cm³/mol. The number of fused-ring (bicyclic) bond motifs is 1. The minimum Gasteiger partial charge on any atom is -0.497 e. The summed E-state index contributed by atoms with van der Waals surface area (Å²) >= 11 is 2.95. The molecule has 0 bridgehead atoms. The lowest BCUT2D eigenvalue weighted by Crippen LogP contribution is -2.19. The Bertz CT molecular complexity index is 1010. The van der Waals surface area contributed by atoms with Gasteiger partial charge >= 0.3 is 0 Å². The van der Waals surface area contributed by atoms with E-state index in [2.05, 4.69) is 4.99 Å². The molecule has 0 radical (unpaired) electrons. The lowest BCUT2D eigenvalue weighted by atomic mass is 10.2. The number of amides is 1. The average molecular weight is 394 g/mol. The minimum absolute atomic E-state index is 0.398. The van der Waals surface area contributed by atoms with Gasteiger partial charge < -0.3 is 9.30 Å². The summed E-state index contributed by atoms with van der Waals surface area (Å²) in [4.78, 5) is 16.8. The van der Waals surface area contributed by atoms with Gasteiger partial charge in [-0.1, -0.05) is 17.4 Å². The average Bonchev–Trinajstić information content (AvgIpc) is 2.95. The van der Waals surface area contributed by atoms with E-state index in [1.54, 1.807) is 18.9 Å². The van der Waals surface area contributed by atoms with Crippen molar-refractivity contribution >= 4 is 39.2 Å². The standard InChI is InChI=1S/C18H16F2N2O2S2/c1-24-11-6-7-15-14(10-11)22(8-9-25-2)18(26-15)21-17(23)16-12(19)4-3-5-13(16)20/h3-7,10H,8-9H2,1-2H3. The van der Waals surface area contributed by atoms with E-state index in [1.165, 1.54) is 17.4 Å². The van der Waals surface area contributed by atoms with Gasteiger partial charge in [0.1, 0.15) is 22.9 Å². The third-order valence-corrected chi connectivity index (χ3v) is 5.43. The van der Waals surface area contributed by atoms with Gasteiger partial charge in [0.15, 0.2) is 4.80 Å². The van der Waals surface area contributed by atoms with Crippen LogP contribution in [-0.4, -0.2) is 29.6 Å². The number of halogens is 2. The fourth-order valence-electron chi connectivity index (χ4n) is 2.50. The lowest BCUT2D eigenvalue weighted by molar-refractivity contribution is 0.0990. The van der Waals surface area contributed by atoms with Crippen LogP contribution in [0.5, 0.6) is 5.75 Å². The lowest BCUT2D eigenvalue weighted by Gasteiger charge is -2.05. The SMILES string of the molecule is COc1ccc2sc(=NC(=O)c3c(F)cccc3F)n(CCSC)c2c1. The van der Waals surface area contributed by atoms with Crippen LogP contribution in [0.2, 0.25) is 0 Å². The van der Waals surface area contributed by atoms with Crippen LogP contribution in [-0.2, 0) is 6.54 Å². The molecule has 136 valence electrons. The van der Waals surface area contributed by atoms with Gasteiger partial charge in [-0.2, -0.15) is 16.8 Å². The molecule has 0 spiro atoms. The highest BCUT2D eigenvalue weighted by atomic mass is 32.2. The maximum Gasteiger partial charge on any atom is 0.285 e. The Morgan fingerprint density at radius 3 is 2.65 bits per heavy atom. The van der Waals surface area contributed by atoms with Crippen LogP contribution in [0.15, 0.2) is 41.4 Å². The minimum atomic E-state index is -0.933. The van der Waals surface area contributed by atoms with Crippen molar-refractivity contribution in [3.8, 4) is 5.75 Å². The van der Waals surface area contributed by atoms with Gasteiger partial charge in [0.05, 0.1) is 17.3 Å². The summed E-state index contributed by atoms with van der Waals surface area (Å²) in [6.07, 6.45) is 1.98. The zero-order valence-electron chi connectivity index (χ0n) is 14.2. The van der Waals surface area contributed by atoms with Crippen LogP contribution in [0, 0.1) is 11.6 Å². The molecule has 4 nitrogen and oxygen atoms in total. The first-order valence-electron chi connectivity index (χ1n) is 7.74. The number of thioether (sulfide) groups is 1. The molecule has 3 rings (SSSR count). The van der Waals surface area contributed by atoms with Crippen molar-refractivity contribution in [2.24, 2.45) is 4.99 Å². The van der Waals surface area contributed by atoms with Crippen molar-refractivity contribution in [2.75, 3.05) is 19.1 Å². The smallest absolute Gasteiger partial charge is 0.285 e. The Hall–Kier alpha value is -2.19. The summed E-state index contributed by atoms with van der Waals surface area (Å²) in [6.45, 7) is 0.611. The van der Waals surface area contributed by atoms with Gasteiger partial charge in [0.2, 0.25) is 0 Å². The fourth-order valence-corrected chi connectivity index (χ4v) is 3.90. The first-order valence-corrected chi connectivity index (χ1v) is 9.95. The Balaban J connectivity index is 2.16. The summed E-state index contributed by atoms with van der Waals surface area (Å²) in [5.74, 6) is -1.28. The second-order valence-corrected chi connectivity index (χ2v) is 7.37. The molecule has 0 aliphatic heterocycles. The Kier molecular flexibility index (Phi) is 5.73. The molecule has 0 aliphatic carbocycles. The Morgan fingerprint density at radius 2 is 2.00 bits per heavy atom. The van der Waals surface area contributed by atoms with E-state index in [0.717, 1.165) is 28.1 Å². The van der Waals surface area contributed by atoms with Crippen LogP contribution in [0.3, 0.4) is 0 Å². The molecule has 8 heteroatoms. The number of thiazole rings is 1. The molecule has 3 aromatic rings. The zero-order chi connectivity index (χ0) is 18.7. The molecule has 0 fully saturated rings. The number of methoxy groups -OCH3 is 1. The van der Waals surface area contributed by atoms with Gasteiger partial charge in [-0.25, -0.2) is 8.78 Å². The maximum atomic E-state index is 13.9. The molecule has 0 saturated carbocycles. The largest absolute Gasteiger partial charge is 0.497 e. The van der Waals surface area contributed by atoms with Gasteiger partial charge in [-0.3, -0.25) is 4.79 Å². The quantitative estimate of drug-likeness (QED) is 0.655. The van der Waals surface area contributed by atoms with E-state index in [1.807, 2.05) is 29.0 Å². The van der Waals surface area contributed by atoms with Crippen LogP contribution in [0.25, 0.3) is 10.2 Å². The molecule has 0 unspecified atom stereocenters. The molecular formula is C18H16F2N2O2S2. The van der Waals surface area contributed by atoms with Gasteiger partial charge in [-0.15, -0.1) is 0 Å². The van der Waals surface area contributed by atoms with E-state index in [9.17, 15) is 13.6 Å². The number of hydrogen-bond donors (Lipinski definition) is 0. The second kappa shape index (κ2) is 8.01. The van der Waals surface area contributed by atoms with Crippen molar-refractivity contribution in [1.82, 2.24) is 4.57 Å². The summed E-state index contributed by atoms with van der Waals surface area (Å²) in [5.41, 5.74) is 0.225. The molecule has 0 aliphatic rings. The van der Waals surface area contributed by atoms with E-state index in [4.69, 9.17) is 4.74 Å².